The maximum absolute atomic E-state index is 4.41. The summed E-state index contributed by atoms with van der Waals surface area (Å²) in [7, 11) is 1.88. The van der Waals surface area contributed by atoms with Crippen molar-refractivity contribution in [3.63, 3.8) is 0 Å². The van der Waals surface area contributed by atoms with Gasteiger partial charge in [-0.1, -0.05) is 0 Å². The molecule has 94 valence electrons. The quantitative estimate of drug-likeness (QED) is 0.897. The van der Waals surface area contributed by atoms with Crippen LogP contribution in [0.15, 0.2) is 29.2 Å². The number of hydrogen-bond donors (Lipinski definition) is 1. The summed E-state index contributed by atoms with van der Waals surface area (Å²) in [4.78, 5) is 11.0. The Morgan fingerprint density at radius 1 is 1.44 bits per heavy atom. The van der Waals surface area contributed by atoms with Gasteiger partial charge in [0, 0.05) is 25.7 Å². The molecular weight excluding hydrogens is 244 g/mol. The van der Waals surface area contributed by atoms with Crippen molar-refractivity contribution >= 4 is 23.0 Å². The van der Waals surface area contributed by atoms with Gasteiger partial charge in [0.25, 0.3) is 0 Å². The van der Waals surface area contributed by atoms with Crippen molar-refractivity contribution in [2.45, 2.75) is 25.4 Å². The molecule has 5 heteroatoms. The molecule has 3 rings (SSSR count). The molecule has 0 aliphatic heterocycles. The summed E-state index contributed by atoms with van der Waals surface area (Å²) < 4.78 is 0. The number of nitrogens with one attached hydrogen (secondary N) is 1. The number of rotatable bonds is 5. The second-order valence-corrected chi connectivity index (χ2v) is 5.28. The lowest BCUT2D eigenvalue weighted by Crippen LogP contribution is -2.25. The first kappa shape index (κ1) is 11.5. The number of thiophene rings is 1. The molecular formula is C13H16N4S. The van der Waals surface area contributed by atoms with Crippen molar-refractivity contribution in [2.75, 3.05) is 17.3 Å². The Hall–Kier alpha value is -1.62. The molecule has 0 atom stereocenters. The van der Waals surface area contributed by atoms with Crippen LogP contribution >= 0.6 is 11.3 Å². The van der Waals surface area contributed by atoms with Gasteiger partial charge in [-0.15, -0.1) is 0 Å². The van der Waals surface area contributed by atoms with Crippen molar-refractivity contribution in [1.82, 2.24) is 9.97 Å². The number of anilines is 2. The summed E-state index contributed by atoms with van der Waals surface area (Å²) in [6.07, 6.45) is 4.16. The van der Waals surface area contributed by atoms with Crippen LogP contribution in [0.1, 0.15) is 18.4 Å². The van der Waals surface area contributed by atoms with E-state index in [2.05, 4.69) is 37.0 Å². The van der Waals surface area contributed by atoms with Crippen LogP contribution in [0, 0.1) is 0 Å². The molecule has 2 aromatic rings. The molecule has 0 unspecified atom stereocenters. The van der Waals surface area contributed by atoms with Crippen LogP contribution in [0.5, 0.6) is 0 Å². The van der Waals surface area contributed by atoms with Crippen LogP contribution < -0.4 is 10.2 Å². The van der Waals surface area contributed by atoms with Crippen LogP contribution in [0.4, 0.5) is 11.6 Å². The third-order valence-corrected chi connectivity index (χ3v) is 3.86. The van der Waals surface area contributed by atoms with E-state index in [0.29, 0.717) is 6.04 Å². The first-order valence-electron chi connectivity index (χ1n) is 6.14. The van der Waals surface area contributed by atoms with Crippen molar-refractivity contribution < 1.29 is 0 Å². The lowest BCUT2D eigenvalue weighted by molar-refractivity contribution is 0.777. The highest BCUT2D eigenvalue weighted by Gasteiger charge is 2.30. The summed E-state index contributed by atoms with van der Waals surface area (Å²) in [6.45, 7) is 0.939. The first-order valence-corrected chi connectivity index (χ1v) is 7.08. The Kier molecular flexibility index (Phi) is 3.15. The Morgan fingerprint density at radius 2 is 2.33 bits per heavy atom. The van der Waals surface area contributed by atoms with Gasteiger partial charge in [0.05, 0.1) is 0 Å². The van der Waals surface area contributed by atoms with E-state index in [1.54, 1.807) is 17.7 Å². The highest BCUT2D eigenvalue weighted by molar-refractivity contribution is 7.07. The predicted octanol–water partition coefficient (Wildman–Crippen LogP) is 2.75. The second kappa shape index (κ2) is 4.94. The third-order valence-electron chi connectivity index (χ3n) is 3.12. The smallest absolute Gasteiger partial charge is 0.134 e. The van der Waals surface area contributed by atoms with Crippen molar-refractivity contribution in [3.8, 4) is 0 Å². The maximum atomic E-state index is 4.41. The molecule has 1 aliphatic carbocycles. The van der Waals surface area contributed by atoms with Crippen LogP contribution in [0.3, 0.4) is 0 Å². The molecule has 0 aromatic carbocycles. The Balaban J connectivity index is 1.84. The van der Waals surface area contributed by atoms with Crippen molar-refractivity contribution in [2.24, 2.45) is 0 Å². The fraction of sp³-hybridized carbons (Fsp3) is 0.385. The zero-order chi connectivity index (χ0) is 12.4. The minimum atomic E-state index is 0.643. The van der Waals surface area contributed by atoms with Crippen LogP contribution in [0.2, 0.25) is 0 Å². The minimum Gasteiger partial charge on any atom is -0.373 e. The monoisotopic (exact) mass is 260 g/mol. The standard InChI is InChI=1S/C13H16N4S/c1-14-12-6-13(16-9-15-12)17(11-2-3-11)7-10-4-5-18-8-10/h4-6,8-9,11H,2-3,7H2,1H3,(H,14,15,16). The molecule has 1 saturated carbocycles. The van der Waals surface area contributed by atoms with Crippen LogP contribution in [-0.4, -0.2) is 23.1 Å². The van der Waals surface area contributed by atoms with Gasteiger partial charge in [-0.3, -0.25) is 0 Å². The SMILES string of the molecule is CNc1cc(N(Cc2ccsc2)C2CC2)ncn1. The van der Waals surface area contributed by atoms with E-state index in [9.17, 15) is 0 Å². The molecule has 1 N–H and O–H groups in total. The van der Waals surface area contributed by atoms with Gasteiger partial charge in [-0.2, -0.15) is 11.3 Å². The molecule has 1 aliphatic rings. The molecule has 4 nitrogen and oxygen atoms in total. The topological polar surface area (TPSA) is 41.0 Å². The van der Waals surface area contributed by atoms with Gasteiger partial charge in [0.1, 0.15) is 18.0 Å². The van der Waals surface area contributed by atoms with E-state index >= 15 is 0 Å². The fourth-order valence-corrected chi connectivity index (χ4v) is 2.66. The summed E-state index contributed by atoms with van der Waals surface area (Å²) in [5.74, 6) is 1.89. The maximum Gasteiger partial charge on any atom is 0.134 e. The molecule has 2 aromatic heterocycles. The zero-order valence-electron chi connectivity index (χ0n) is 10.3. The Morgan fingerprint density at radius 3 is 3.00 bits per heavy atom. The highest BCUT2D eigenvalue weighted by Crippen LogP contribution is 2.32. The normalized spacial score (nSPS) is 14.5. The molecule has 0 amide bonds. The van der Waals surface area contributed by atoms with E-state index in [-0.39, 0.29) is 0 Å². The van der Waals surface area contributed by atoms with Crippen LogP contribution in [-0.2, 0) is 6.54 Å². The summed E-state index contributed by atoms with van der Waals surface area (Å²) in [6, 6.07) is 4.84. The van der Waals surface area contributed by atoms with E-state index in [0.717, 1.165) is 18.2 Å². The fourth-order valence-electron chi connectivity index (χ4n) is 2.00. The van der Waals surface area contributed by atoms with E-state index in [1.165, 1.54) is 18.4 Å². The number of nitrogens with zero attached hydrogens (tertiary/aromatic N) is 3. The average Bonchev–Trinajstić information content (AvgIpc) is 3.13. The molecule has 18 heavy (non-hydrogen) atoms. The molecule has 1 fully saturated rings. The summed E-state index contributed by atoms with van der Waals surface area (Å²) in [5, 5.41) is 7.39. The van der Waals surface area contributed by atoms with Crippen molar-refractivity contribution in [3.05, 3.63) is 34.8 Å². The minimum absolute atomic E-state index is 0.643. The molecule has 0 saturated heterocycles. The number of aromatic nitrogens is 2. The average molecular weight is 260 g/mol. The second-order valence-electron chi connectivity index (χ2n) is 4.50. The highest BCUT2D eigenvalue weighted by atomic mass is 32.1. The summed E-state index contributed by atoms with van der Waals surface area (Å²) in [5.41, 5.74) is 1.36. The van der Waals surface area contributed by atoms with Gasteiger partial charge in [0.15, 0.2) is 0 Å². The Labute approximate surface area is 111 Å². The largest absolute Gasteiger partial charge is 0.373 e. The molecule has 2 heterocycles. The van der Waals surface area contributed by atoms with Crippen LogP contribution in [0.25, 0.3) is 0 Å². The first-order chi connectivity index (χ1) is 8.86. The van der Waals surface area contributed by atoms with Gasteiger partial charge >= 0.3 is 0 Å². The van der Waals surface area contributed by atoms with E-state index in [4.69, 9.17) is 0 Å². The molecule has 0 spiro atoms. The van der Waals surface area contributed by atoms with Gasteiger partial charge in [-0.05, 0) is 35.2 Å². The van der Waals surface area contributed by atoms with Crippen molar-refractivity contribution in [1.29, 1.82) is 0 Å². The lowest BCUT2D eigenvalue weighted by atomic mass is 10.3. The summed E-state index contributed by atoms with van der Waals surface area (Å²) >= 11 is 1.74. The molecule has 0 radical (unpaired) electrons. The molecule has 0 bridgehead atoms. The zero-order valence-corrected chi connectivity index (χ0v) is 11.2. The lowest BCUT2D eigenvalue weighted by Gasteiger charge is -2.23. The van der Waals surface area contributed by atoms with Gasteiger partial charge < -0.3 is 10.2 Å². The predicted molar refractivity (Wildman–Crippen MR) is 75.1 cm³/mol. The number of hydrogen-bond acceptors (Lipinski definition) is 5. The van der Waals surface area contributed by atoms with Gasteiger partial charge in [0.2, 0.25) is 0 Å². The van der Waals surface area contributed by atoms with Gasteiger partial charge in [-0.25, -0.2) is 9.97 Å². The van der Waals surface area contributed by atoms with E-state index < -0.39 is 0 Å². The third kappa shape index (κ3) is 2.46. The Bertz CT molecular complexity index is 507. The van der Waals surface area contributed by atoms with E-state index in [1.807, 2.05) is 13.1 Å².